The topological polar surface area (TPSA) is 50.4 Å². The van der Waals surface area contributed by atoms with E-state index in [4.69, 9.17) is 4.74 Å². The molecule has 0 aromatic heterocycles. The molecule has 0 bridgehead atoms. The van der Waals surface area contributed by atoms with Crippen LogP contribution in [0.25, 0.3) is 0 Å². The zero-order valence-electron chi connectivity index (χ0n) is 15.9. The van der Waals surface area contributed by atoms with E-state index >= 15 is 0 Å². The first kappa shape index (κ1) is 20.8. The second kappa shape index (κ2) is 9.94. The van der Waals surface area contributed by atoms with Crippen LogP contribution in [0.4, 0.5) is 10.5 Å². The Morgan fingerprint density at radius 1 is 1.29 bits per heavy atom. The van der Waals surface area contributed by atoms with Gasteiger partial charge in [0.2, 0.25) is 0 Å². The van der Waals surface area contributed by atoms with E-state index in [1.54, 1.807) is 0 Å². The van der Waals surface area contributed by atoms with Crippen LogP contribution >= 0.6 is 11.8 Å². The summed E-state index contributed by atoms with van der Waals surface area (Å²) in [6.45, 7) is 14.9. The van der Waals surface area contributed by atoms with Gasteiger partial charge in [-0.3, -0.25) is 0 Å². The van der Waals surface area contributed by atoms with Crippen LogP contribution in [0.5, 0.6) is 0 Å². The van der Waals surface area contributed by atoms with E-state index in [0.29, 0.717) is 19.1 Å². The van der Waals surface area contributed by atoms with Crippen LogP contribution in [-0.2, 0) is 4.74 Å². The number of nitrogens with one attached hydrogen (secondary N) is 2. The number of amides is 2. The van der Waals surface area contributed by atoms with Crippen LogP contribution in [0.2, 0.25) is 0 Å². The molecular weight excluding hydrogens is 320 g/mol. The minimum absolute atomic E-state index is 0.168. The smallest absolute Gasteiger partial charge is 0.319 e. The highest BCUT2D eigenvalue weighted by Gasteiger charge is 2.13. The maximum absolute atomic E-state index is 12.0. The van der Waals surface area contributed by atoms with E-state index in [1.807, 2.05) is 24.8 Å². The van der Waals surface area contributed by atoms with Crippen LogP contribution in [0, 0.1) is 12.8 Å². The fourth-order valence-electron chi connectivity index (χ4n) is 2.06. The van der Waals surface area contributed by atoms with Crippen molar-refractivity contribution in [3.63, 3.8) is 0 Å². The van der Waals surface area contributed by atoms with E-state index in [-0.39, 0.29) is 10.8 Å². The van der Waals surface area contributed by atoms with Crippen molar-refractivity contribution < 1.29 is 9.53 Å². The average Bonchev–Trinajstić information content (AvgIpc) is 2.43. The summed E-state index contributed by atoms with van der Waals surface area (Å²) in [7, 11) is 0. The number of carbonyl (C=O) groups excluding carboxylic acids is 1. The second-order valence-corrected chi connectivity index (χ2v) is 9.29. The molecule has 0 unspecified atom stereocenters. The normalized spacial score (nSPS) is 11.6. The molecule has 0 radical (unpaired) electrons. The molecule has 1 rings (SSSR count). The number of rotatable bonds is 8. The maximum Gasteiger partial charge on any atom is 0.319 e. The lowest BCUT2D eigenvalue weighted by molar-refractivity contribution is 0.108. The Hall–Kier alpha value is -1.20. The molecule has 2 amide bonds. The zero-order chi connectivity index (χ0) is 18.2. The molecule has 0 aliphatic heterocycles. The van der Waals surface area contributed by atoms with Crippen molar-refractivity contribution in [1.82, 2.24) is 5.32 Å². The van der Waals surface area contributed by atoms with E-state index in [0.717, 1.165) is 24.3 Å². The summed E-state index contributed by atoms with van der Waals surface area (Å²) >= 11 is 1.82. The summed E-state index contributed by atoms with van der Waals surface area (Å²) in [6.07, 6.45) is 0.820. The van der Waals surface area contributed by atoms with Gasteiger partial charge >= 0.3 is 6.03 Å². The molecule has 24 heavy (non-hydrogen) atoms. The number of hydrogen-bond donors (Lipinski definition) is 2. The van der Waals surface area contributed by atoms with Gasteiger partial charge in [0.15, 0.2) is 0 Å². The van der Waals surface area contributed by atoms with Gasteiger partial charge in [0.05, 0.1) is 0 Å². The highest BCUT2D eigenvalue weighted by Crippen LogP contribution is 2.33. The van der Waals surface area contributed by atoms with Crippen molar-refractivity contribution in [2.75, 3.05) is 25.1 Å². The molecule has 0 fully saturated rings. The number of aryl methyl sites for hydroxylation is 1. The number of carbonyl (C=O) groups is 1. The molecule has 0 heterocycles. The number of anilines is 1. The second-order valence-electron chi connectivity index (χ2n) is 7.39. The maximum atomic E-state index is 12.0. The average molecular weight is 353 g/mol. The quantitative estimate of drug-likeness (QED) is 0.507. The lowest BCUT2D eigenvalue weighted by Crippen LogP contribution is -2.30. The van der Waals surface area contributed by atoms with Crippen LogP contribution < -0.4 is 10.6 Å². The van der Waals surface area contributed by atoms with Crippen molar-refractivity contribution in [2.24, 2.45) is 5.92 Å². The van der Waals surface area contributed by atoms with Crippen molar-refractivity contribution in [3.05, 3.63) is 23.8 Å². The van der Waals surface area contributed by atoms with Gasteiger partial charge in [-0.15, -0.1) is 11.8 Å². The van der Waals surface area contributed by atoms with Gasteiger partial charge in [0, 0.05) is 35.1 Å². The van der Waals surface area contributed by atoms with Gasteiger partial charge in [0.1, 0.15) is 0 Å². The molecule has 0 atom stereocenters. The van der Waals surface area contributed by atoms with Crippen LogP contribution in [-0.4, -0.2) is 30.5 Å². The van der Waals surface area contributed by atoms with Gasteiger partial charge in [-0.2, -0.15) is 0 Å². The number of urea groups is 1. The minimum atomic E-state index is -0.168. The molecular formula is C19H32N2O2S. The minimum Gasteiger partial charge on any atom is -0.381 e. The van der Waals surface area contributed by atoms with Crippen molar-refractivity contribution in [1.29, 1.82) is 0 Å². The fraction of sp³-hybridized carbons (Fsp3) is 0.632. The largest absolute Gasteiger partial charge is 0.381 e. The predicted molar refractivity (Wildman–Crippen MR) is 104 cm³/mol. The number of ether oxygens (including phenoxy) is 1. The van der Waals surface area contributed by atoms with Crippen LogP contribution in [0.15, 0.2) is 23.1 Å². The van der Waals surface area contributed by atoms with Crippen molar-refractivity contribution in [3.8, 4) is 0 Å². The highest BCUT2D eigenvalue weighted by molar-refractivity contribution is 8.00. The lowest BCUT2D eigenvalue weighted by Gasteiger charge is -2.18. The zero-order valence-corrected chi connectivity index (χ0v) is 16.7. The molecule has 0 aliphatic carbocycles. The summed E-state index contributed by atoms with van der Waals surface area (Å²) in [4.78, 5) is 13.2. The summed E-state index contributed by atoms with van der Waals surface area (Å²) in [5, 5.41) is 5.77. The Morgan fingerprint density at radius 2 is 2.00 bits per heavy atom. The Balaban J connectivity index is 2.36. The Labute approximate surface area is 151 Å². The van der Waals surface area contributed by atoms with Gasteiger partial charge in [-0.25, -0.2) is 4.79 Å². The summed E-state index contributed by atoms with van der Waals surface area (Å²) in [6, 6.07) is 5.97. The Bertz CT molecular complexity index is 525. The van der Waals surface area contributed by atoms with Gasteiger partial charge in [-0.1, -0.05) is 34.6 Å². The van der Waals surface area contributed by atoms with Crippen LogP contribution in [0.3, 0.4) is 0 Å². The summed E-state index contributed by atoms with van der Waals surface area (Å²) < 4.78 is 5.67. The molecule has 5 heteroatoms. The Morgan fingerprint density at radius 3 is 2.58 bits per heavy atom. The monoisotopic (exact) mass is 352 g/mol. The van der Waals surface area contributed by atoms with Crippen molar-refractivity contribution in [2.45, 2.75) is 57.6 Å². The first-order chi connectivity index (χ1) is 11.2. The van der Waals surface area contributed by atoms with E-state index in [2.05, 4.69) is 57.4 Å². The first-order valence-electron chi connectivity index (χ1n) is 8.59. The highest BCUT2D eigenvalue weighted by atomic mass is 32.2. The third-order valence-corrected chi connectivity index (χ3v) is 4.17. The standard InChI is InChI=1S/C19H32N2O2S/c1-14(2)13-23-11-7-10-20-18(22)21-17-9-8-16(12-15(17)3)24-19(4,5)6/h8-9,12,14H,7,10-11,13H2,1-6H3,(H2,20,21,22). The number of benzene rings is 1. The molecule has 0 saturated heterocycles. The number of thioether (sulfide) groups is 1. The summed E-state index contributed by atoms with van der Waals surface area (Å²) in [5.74, 6) is 0.545. The Kier molecular flexibility index (Phi) is 8.63. The molecule has 0 saturated carbocycles. The van der Waals surface area contributed by atoms with E-state index < -0.39 is 0 Å². The third-order valence-electron chi connectivity index (χ3n) is 3.07. The molecule has 1 aromatic rings. The SMILES string of the molecule is Cc1cc(SC(C)(C)C)ccc1NC(=O)NCCCOCC(C)C. The number of hydrogen-bond acceptors (Lipinski definition) is 3. The molecule has 0 aliphatic rings. The van der Waals surface area contributed by atoms with E-state index in [1.165, 1.54) is 4.90 Å². The fourth-order valence-corrected chi connectivity index (χ4v) is 3.13. The molecule has 0 spiro atoms. The molecule has 136 valence electrons. The molecule has 4 nitrogen and oxygen atoms in total. The third kappa shape index (κ3) is 9.18. The molecule has 1 aromatic carbocycles. The van der Waals surface area contributed by atoms with Gasteiger partial charge < -0.3 is 15.4 Å². The predicted octanol–water partition coefficient (Wildman–Crippen LogP) is 5.07. The van der Waals surface area contributed by atoms with Crippen LogP contribution in [0.1, 0.15) is 46.6 Å². The summed E-state index contributed by atoms with van der Waals surface area (Å²) in [5.41, 5.74) is 1.92. The first-order valence-corrected chi connectivity index (χ1v) is 9.41. The van der Waals surface area contributed by atoms with E-state index in [9.17, 15) is 4.79 Å². The lowest BCUT2D eigenvalue weighted by atomic mass is 10.2. The van der Waals surface area contributed by atoms with Gasteiger partial charge in [-0.05, 0) is 43.0 Å². The molecule has 2 N–H and O–H groups in total. The van der Waals surface area contributed by atoms with Crippen molar-refractivity contribution >= 4 is 23.5 Å². The van der Waals surface area contributed by atoms with Gasteiger partial charge in [0.25, 0.3) is 0 Å².